The van der Waals surface area contributed by atoms with Gasteiger partial charge in [-0.15, -0.1) is 0 Å². The molecule has 0 aliphatic carbocycles. The highest BCUT2D eigenvalue weighted by molar-refractivity contribution is 6.31. The van der Waals surface area contributed by atoms with Crippen LogP contribution in [0.1, 0.15) is 5.56 Å². The van der Waals surface area contributed by atoms with E-state index >= 15 is 0 Å². The van der Waals surface area contributed by atoms with Crippen LogP contribution < -0.4 is 5.73 Å². The summed E-state index contributed by atoms with van der Waals surface area (Å²) in [6.45, 7) is 0.611. The van der Waals surface area contributed by atoms with E-state index in [4.69, 9.17) is 17.3 Å². The predicted octanol–water partition coefficient (Wildman–Crippen LogP) is 2.11. The van der Waals surface area contributed by atoms with E-state index in [1.807, 2.05) is 16.7 Å². The Morgan fingerprint density at radius 2 is 2.06 bits per heavy atom. The van der Waals surface area contributed by atoms with Gasteiger partial charge in [0.1, 0.15) is 5.52 Å². The van der Waals surface area contributed by atoms with E-state index in [2.05, 4.69) is 15.0 Å². The van der Waals surface area contributed by atoms with Crippen LogP contribution in [-0.4, -0.2) is 19.5 Å². The van der Waals surface area contributed by atoms with Gasteiger partial charge < -0.3 is 5.73 Å². The molecule has 0 aliphatic heterocycles. The molecular weight excluding hydrogens is 250 g/mol. The number of pyridine rings is 2. The number of rotatable bonds is 2. The fraction of sp³-hybridized carbons (Fsp3) is 0.0833. The molecule has 5 nitrogen and oxygen atoms in total. The Labute approximate surface area is 108 Å². The third kappa shape index (κ3) is 1.89. The molecule has 3 heterocycles. The van der Waals surface area contributed by atoms with E-state index in [0.717, 1.165) is 11.2 Å². The third-order valence-corrected chi connectivity index (χ3v) is 2.88. The molecule has 3 aromatic rings. The Balaban J connectivity index is 2.09. The van der Waals surface area contributed by atoms with Crippen LogP contribution in [0.25, 0.3) is 11.2 Å². The van der Waals surface area contributed by atoms with Gasteiger partial charge in [0.05, 0.1) is 11.6 Å². The van der Waals surface area contributed by atoms with Crippen molar-refractivity contribution in [1.29, 1.82) is 0 Å². The molecule has 6 heteroatoms. The number of hydrogen-bond acceptors (Lipinski definition) is 4. The summed E-state index contributed by atoms with van der Waals surface area (Å²) in [6, 6.07) is 5.62. The molecule has 18 heavy (non-hydrogen) atoms. The first-order chi connectivity index (χ1) is 8.74. The highest BCUT2D eigenvalue weighted by atomic mass is 35.5. The maximum absolute atomic E-state index is 5.90. The van der Waals surface area contributed by atoms with Gasteiger partial charge in [0, 0.05) is 18.6 Å². The van der Waals surface area contributed by atoms with E-state index in [-0.39, 0.29) is 0 Å². The van der Waals surface area contributed by atoms with Crippen molar-refractivity contribution in [2.45, 2.75) is 6.54 Å². The summed E-state index contributed by atoms with van der Waals surface area (Å²) in [5, 5.41) is 0.552. The van der Waals surface area contributed by atoms with Gasteiger partial charge in [-0.3, -0.25) is 9.55 Å². The summed E-state index contributed by atoms with van der Waals surface area (Å²) >= 11 is 5.88. The van der Waals surface area contributed by atoms with Crippen molar-refractivity contribution in [2.75, 3.05) is 5.73 Å². The number of fused-ring (bicyclic) bond motifs is 1. The molecule has 2 N–H and O–H groups in total. The van der Waals surface area contributed by atoms with Crippen molar-refractivity contribution in [3.05, 3.63) is 47.4 Å². The minimum atomic E-state index is 0.427. The van der Waals surface area contributed by atoms with Crippen LogP contribution in [0.3, 0.4) is 0 Å². The zero-order valence-electron chi connectivity index (χ0n) is 9.42. The molecule has 90 valence electrons. The maximum Gasteiger partial charge on any atom is 0.202 e. The first-order valence-electron chi connectivity index (χ1n) is 5.40. The quantitative estimate of drug-likeness (QED) is 0.765. The molecule has 0 saturated heterocycles. The maximum atomic E-state index is 5.90. The fourth-order valence-corrected chi connectivity index (χ4v) is 1.98. The van der Waals surface area contributed by atoms with Gasteiger partial charge in [-0.2, -0.15) is 0 Å². The molecular formula is C12H10ClN5. The number of imidazole rings is 1. The second kappa shape index (κ2) is 4.27. The van der Waals surface area contributed by atoms with E-state index in [9.17, 15) is 0 Å². The highest BCUT2D eigenvalue weighted by Crippen LogP contribution is 2.20. The second-order valence-corrected chi connectivity index (χ2v) is 4.34. The predicted molar refractivity (Wildman–Crippen MR) is 70.3 cm³/mol. The molecule has 0 amide bonds. The molecule has 0 unspecified atom stereocenters. The molecule has 3 aromatic heterocycles. The van der Waals surface area contributed by atoms with Crippen molar-refractivity contribution < 1.29 is 0 Å². The Morgan fingerprint density at radius 3 is 2.83 bits per heavy atom. The Morgan fingerprint density at radius 1 is 1.28 bits per heavy atom. The third-order valence-electron chi connectivity index (χ3n) is 2.67. The lowest BCUT2D eigenvalue weighted by atomic mass is 10.3. The van der Waals surface area contributed by atoms with E-state index in [1.54, 1.807) is 24.7 Å². The van der Waals surface area contributed by atoms with Gasteiger partial charge in [-0.25, -0.2) is 9.97 Å². The van der Waals surface area contributed by atoms with Crippen LogP contribution in [0, 0.1) is 0 Å². The van der Waals surface area contributed by atoms with Crippen molar-refractivity contribution in [3.63, 3.8) is 0 Å². The molecule has 0 aliphatic rings. The SMILES string of the molecule is Nc1nc2cc(Cl)cnc2n1Cc1ccncc1. The molecule has 0 fully saturated rings. The zero-order chi connectivity index (χ0) is 12.5. The number of nitrogen functional groups attached to an aromatic ring is 1. The summed E-state index contributed by atoms with van der Waals surface area (Å²) in [5.74, 6) is 0.427. The zero-order valence-corrected chi connectivity index (χ0v) is 10.2. The van der Waals surface area contributed by atoms with Crippen LogP contribution in [0.4, 0.5) is 5.95 Å². The van der Waals surface area contributed by atoms with Gasteiger partial charge in [0.15, 0.2) is 5.65 Å². The lowest BCUT2D eigenvalue weighted by Gasteiger charge is -2.05. The Hall–Kier alpha value is -2.14. The van der Waals surface area contributed by atoms with E-state index < -0.39 is 0 Å². The topological polar surface area (TPSA) is 69.6 Å². The first kappa shape index (κ1) is 11.0. The molecule has 0 saturated carbocycles. The van der Waals surface area contributed by atoms with Gasteiger partial charge >= 0.3 is 0 Å². The smallest absolute Gasteiger partial charge is 0.202 e. The van der Waals surface area contributed by atoms with Crippen LogP contribution in [0.15, 0.2) is 36.8 Å². The van der Waals surface area contributed by atoms with Gasteiger partial charge in [0.25, 0.3) is 0 Å². The minimum absolute atomic E-state index is 0.427. The minimum Gasteiger partial charge on any atom is -0.369 e. The van der Waals surface area contributed by atoms with E-state index in [1.165, 1.54) is 0 Å². The van der Waals surface area contributed by atoms with Crippen molar-refractivity contribution in [1.82, 2.24) is 19.5 Å². The van der Waals surface area contributed by atoms with Crippen LogP contribution in [-0.2, 0) is 6.54 Å². The van der Waals surface area contributed by atoms with Crippen molar-refractivity contribution in [3.8, 4) is 0 Å². The lowest BCUT2D eigenvalue weighted by molar-refractivity contribution is 0.826. The van der Waals surface area contributed by atoms with Crippen LogP contribution in [0.2, 0.25) is 5.02 Å². The van der Waals surface area contributed by atoms with Crippen molar-refractivity contribution >= 4 is 28.7 Å². The second-order valence-electron chi connectivity index (χ2n) is 3.91. The molecule has 0 bridgehead atoms. The highest BCUT2D eigenvalue weighted by Gasteiger charge is 2.10. The Kier molecular flexibility index (Phi) is 2.60. The molecule has 3 rings (SSSR count). The molecule has 0 radical (unpaired) electrons. The average Bonchev–Trinajstić information content (AvgIpc) is 2.66. The number of nitrogens with zero attached hydrogens (tertiary/aromatic N) is 4. The number of anilines is 1. The number of hydrogen-bond donors (Lipinski definition) is 1. The van der Waals surface area contributed by atoms with Crippen LogP contribution in [0.5, 0.6) is 0 Å². The van der Waals surface area contributed by atoms with Crippen molar-refractivity contribution in [2.24, 2.45) is 0 Å². The number of halogens is 1. The Bertz CT molecular complexity index is 692. The van der Waals surface area contributed by atoms with Gasteiger partial charge in [-0.1, -0.05) is 11.6 Å². The average molecular weight is 260 g/mol. The largest absolute Gasteiger partial charge is 0.369 e. The molecule has 0 aromatic carbocycles. The van der Waals surface area contributed by atoms with Gasteiger partial charge in [0.2, 0.25) is 5.95 Å². The summed E-state index contributed by atoms with van der Waals surface area (Å²) in [4.78, 5) is 12.5. The summed E-state index contributed by atoms with van der Waals surface area (Å²) in [7, 11) is 0. The number of aromatic nitrogens is 4. The first-order valence-corrected chi connectivity index (χ1v) is 5.78. The number of nitrogens with two attached hydrogens (primary N) is 1. The molecule has 0 atom stereocenters. The van der Waals surface area contributed by atoms with Gasteiger partial charge in [-0.05, 0) is 23.8 Å². The normalized spacial score (nSPS) is 10.9. The van der Waals surface area contributed by atoms with E-state index in [0.29, 0.717) is 23.0 Å². The summed E-state index contributed by atoms with van der Waals surface area (Å²) < 4.78 is 1.85. The monoisotopic (exact) mass is 259 g/mol. The fourth-order valence-electron chi connectivity index (χ4n) is 1.83. The summed E-state index contributed by atoms with van der Waals surface area (Å²) in [6.07, 6.45) is 5.08. The molecule has 0 spiro atoms. The lowest BCUT2D eigenvalue weighted by Crippen LogP contribution is -2.05. The van der Waals surface area contributed by atoms with Crippen LogP contribution >= 0.6 is 11.6 Å². The standard InChI is InChI=1S/C12H10ClN5/c13-9-5-10-11(16-6-9)18(12(14)17-10)7-8-1-3-15-4-2-8/h1-6H,7H2,(H2,14,17). The summed E-state index contributed by atoms with van der Waals surface area (Å²) in [5.41, 5.74) is 8.43.